The fourth-order valence-electron chi connectivity index (χ4n) is 2.54. The first-order valence-electron chi connectivity index (χ1n) is 6.88. The van der Waals surface area contributed by atoms with Crippen LogP contribution in [0.2, 0.25) is 0 Å². The van der Waals surface area contributed by atoms with E-state index in [0.717, 1.165) is 17.7 Å². The lowest BCUT2D eigenvalue weighted by atomic mass is 9.82. The summed E-state index contributed by atoms with van der Waals surface area (Å²) in [6.07, 6.45) is 5.26. The summed E-state index contributed by atoms with van der Waals surface area (Å²) in [5.41, 5.74) is 1.80. The van der Waals surface area contributed by atoms with Crippen molar-refractivity contribution in [2.24, 2.45) is 11.8 Å². The third-order valence-corrected chi connectivity index (χ3v) is 3.73. The van der Waals surface area contributed by atoms with E-state index in [1.165, 1.54) is 0 Å². The van der Waals surface area contributed by atoms with Crippen molar-refractivity contribution in [3.8, 4) is 0 Å². The van der Waals surface area contributed by atoms with Crippen LogP contribution in [0, 0.1) is 11.8 Å². The number of hydrogen-bond donors (Lipinski definition) is 1. The Morgan fingerprint density at radius 2 is 1.85 bits per heavy atom. The van der Waals surface area contributed by atoms with Crippen LogP contribution in [0.4, 0.5) is 5.69 Å². The van der Waals surface area contributed by atoms with Gasteiger partial charge in [0.1, 0.15) is 0 Å². The molecule has 0 spiro atoms. The number of carboxylic acids is 1. The van der Waals surface area contributed by atoms with Crippen LogP contribution >= 0.6 is 0 Å². The topological polar surface area (TPSA) is 69.2 Å². The molecule has 0 saturated carbocycles. The number of benzene rings is 1. The second-order valence-corrected chi connectivity index (χ2v) is 4.97. The fraction of sp³-hybridized carbons (Fsp3) is 0.375. The van der Waals surface area contributed by atoms with E-state index in [0.29, 0.717) is 12.8 Å². The van der Waals surface area contributed by atoms with Gasteiger partial charge in [-0.15, -0.1) is 0 Å². The molecule has 0 radical (unpaired) electrons. The van der Waals surface area contributed by atoms with Gasteiger partial charge in [0.15, 0.2) is 0 Å². The molecule has 0 saturated heterocycles. The number of aliphatic carboxylic acids is 1. The molecule has 0 aromatic heterocycles. The molecule has 2 atom stereocenters. The number of aryl methyl sites for hydroxylation is 1. The van der Waals surface area contributed by atoms with Crippen LogP contribution < -0.4 is 10.4 Å². The number of rotatable bonds is 4. The number of anilines is 1. The fourth-order valence-corrected chi connectivity index (χ4v) is 2.54. The molecule has 0 unspecified atom stereocenters. The molecule has 20 heavy (non-hydrogen) atoms. The van der Waals surface area contributed by atoms with Gasteiger partial charge in [0.25, 0.3) is 0 Å². The molecule has 0 fully saturated rings. The smallest absolute Gasteiger partial charge is 0.228 e. The van der Waals surface area contributed by atoms with E-state index >= 15 is 0 Å². The zero-order chi connectivity index (χ0) is 14.5. The summed E-state index contributed by atoms with van der Waals surface area (Å²) in [6.45, 7) is 2.01. The average molecular weight is 272 g/mol. The number of carbonyl (C=O) groups is 2. The van der Waals surface area contributed by atoms with Gasteiger partial charge >= 0.3 is 0 Å². The van der Waals surface area contributed by atoms with E-state index in [1.54, 1.807) is 6.08 Å². The lowest BCUT2D eigenvalue weighted by Crippen LogP contribution is -2.41. The first-order valence-corrected chi connectivity index (χ1v) is 6.88. The summed E-state index contributed by atoms with van der Waals surface area (Å²) < 4.78 is 0. The second-order valence-electron chi connectivity index (χ2n) is 4.97. The molecule has 0 bridgehead atoms. The number of carbonyl (C=O) groups excluding carboxylic acids is 2. The Bertz CT molecular complexity index is 536. The van der Waals surface area contributed by atoms with Crippen LogP contribution in [0.1, 0.15) is 25.3 Å². The third kappa shape index (κ3) is 3.07. The van der Waals surface area contributed by atoms with Gasteiger partial charge in [-0.1, -0.05) is 37.3 Å². The Morgan fingerprint density at radius 3 is 2.50 bits per heavy atom. The van der Waals surface area contributed by atoms with Crippen LogP contribution in [0.25, 0.3) is 0 Å². The lowest BCUT2D eigenvalue weighted by molar-refractivity contribution is -0.313. The number of carboxylic acid groups (broad SMARTS) is 1. The minimum absolute atomic E-state index is 0.246. The van der Waals surface area contributed by atoms with Crippen molar-refractivity contribution in [2.75, 3.05) is 5.32 Å². The van der Waals surface area contributed by atoms with Crippen molar-refractivity contribution in [3.05, 3.63) is 42.0 Å². The Balaban J connectivity index is 2.14. The molecule has 1 aromatic rings. The zero-order valence-corrected chi connectivity index (χ0v) is 11.5. The molecule has 0 heterocycles. The summed E-state index contributed by atoms with van der Waals surface area (Å²) >= 11 is 0. The highest BCUT2D eigenvalue weighted by molar-refractivity contribution is 5.95. The van der Waals surface area contributed by atoms with Gasteiger partial charge in [-0.25, -0.2) is 0 Å². The Morgan fingerprint density at radius 1 is 1.20 bits per heavy atom. The molecule has 0 aliphatic heterocycles. The van der Waals surface area contributed by atoms with Crippen LogP contribution in [0.5, 0.6) is 0 Å². The molecule has 4 nitrogen and oxygen atoms in total. The van der Waals surface area contributed by atoms with Crippen LogP contribution in [-0.4, -0.2) is 11.9 Å². The quantitative estimate of drug-likeness (QED) is 0.845. The van der Waals surface area contributed by atoms with Crippen LogP contribution in [-0.2, 0) is 16.0 Å². The standard InChI is InChI=1S/C16H19NO3/c1-2-11-7-3-6-10-14(11)17-15(18)12-8-4-5-9-13(12)16(19)20/h3-7,10,12-13H,2,8-9H2,1H3,(H,17,18)(H,19,20)/p-1/t12-,13+/m0/s1. The highest BCUT2D eigenvalue weighted by Crippen LogP contribution is 2.27. The normalized spacial score (nSPS) is 21.4. The monoisotopic (exact) mass is 272 g/mol. The molecule has 4 heteroatoms. The number of para-hydroxylation sites is 1. The molecule has 1 aromatic carbocycles. The molecule has 106 valence electrons. The van der Waals surface area contributed by atoms with Gasteiger partial charge in [-0.2, -0.15) is 0 Å². The Labute approximate surface area is 118 Å². The van der Waals surface area contributed by atoms with Crippen LogP contribution in [0.15, 0.2) is 36.4 Å². The predicted octanol–water partition coefficient (Wildman–Crippen LogP) is 1.52. The summed E-state index contributed by atoms with van der Waals surface area (Å²) in [4.78, 5) is 23.4. The SMILES string of the molecule is CCc1ccccc1NC(=O)[C@H]1CC=CC[C@H]1C(=O)[O-]. The van der Waals surface area contributed by atoms with Crippen molar-refractivity contribution in [1.29, 1.82) is 0 Å². The van der Waals surface area contributed by atoms with Crippen molar-refractivity contribution in [2.45, 2.75) is 26.2 Å². The van der Waals surface area contributed by atoms with Crippen molar-refractivity contribution in [3.63, 3.8) is 0 Å². The summed E-state index contributed by atoms with van der Waals surface area (Å²) in [7, 11) is 0. The van der Waals surface area contributed by atoms with E-state index in [4.69, 9.17) is 0 Å². The summed E-state index contributed by atoms with van der Waals surface area (Å²) in [5.74, 6) is -2.70. The van der Waals surface area contributed by atoms with Gasteiger partial charge in [-0.3, -0.25) is 4.79 Å². The summed E-state index contributed by atoms with van der Waals surface area (Å²) in [6, 6.07) is 7.56. The zero-order valence-electron chi connectivity index (χ0n) is 11.5. The molecule has 1 aliphatic carbocycles. The van der Waals surface area contributed by atoms with Crippen molar-refractivity contribution < 1.29 is 14.7 Å². The van der Waals surface area contributed by atoms with E-state index in [9.17, 15) is 14.7 Å². The van der Waals surface area contributed by atoms with E-state index in [1.807, 2.05) is 37.3 Å². The first kappa shape index (κ1) is 14.3. The van der Waals surface area contributed by atoms with Gasteiger partial charge in [0.2, 0.25) is 5.91 Å². The molecule has 1 aliphatic rings. The van der Waals surface area contributed by atoms with Crippen molar-refractivity contribution in [1.82, 2.24) is 0 Å². The highest BCUT2D eigenvalue weighted by Gasteiger charge is 2.29. The first-order chi connectivity index (χ1) is 9.63. The largest absolute Gasteiger partial charge is 0.550 e. The maximum absolute atomic E-state index is 12.3. The average Bonchev–Trinajstić information content (AvgIpc) is 2.47. The lowest BCUT2D eigenvalue weighted by Gasteiger charge is -2.28. The maximum atomic E-state index is 12.3. The van der Waals surface area contributed by atoms with Gasteiger partial charge < -0.3 is 15.2 Å². The molecule has 2 rings (SSSR count). The van der Waals surface area contributed by atoms with Gasteiger partial charge in [0.05, 0.1) is 5.92 Å². The molecular formula is C16H18NO3-. The minimum Gasteiger partial charge on any atom is -0.550 e. The molecule has 1 amide bonds. The Hall–Kier alpha value is -2.10. The number of hydrogen-bond acceptors (Lipinski definition) is 3. The van der Waals surface area contributed by atoms with E-state index < -0.39 is 17.8 Å². The number of amides is 1. The van der Waals surface area contributed by atoms with Crippen molar-refractivity contribution >= 4 is 17.6 Å². The number of nitrogens with one attached hydrogen (secondary N) is 1. The predicted molar refractivity (Wildman–Crippen MR) is 74.8 cm³/mol. The minimum atomic E-state index is -1.15. The molecular weight excluding hydrogens is 254 g/mol. The van der Waals surface area contributed by atoms with E-state index in [2.05, 4.69) is 5.32 Å². The highest BCUT2D eigenvalue weighted by atomic mass is 16.4. The third-order valence-electron chi connectivity index (χ3n) is 3.73. The van der Waals surface area contributed by atoms with Gasteiger partial charge in [-0.05, 0) is 30.9 Å². The van der Waals surface area contributed by atoms with Crippen LogP contribution in [0.3, 0.4) is 0 Å². The number of allylic oxidation sites excluding steroid dienone is 2. The molecule has 1 N–H and O–H groups in total. The summed E-state index contributed by atoms with van der Waals surface area (Å²) in [5, 5.41) is 14.0. The van der Waals surface area contributed by atoms with Gasteiger partial charge in [0, 0.05) is 17.6 Å². The second kappa shape index (κ2) is 6.37. The van der Waals surface area contributed by atoms with E-state index in [-0.39, 0.29) is 5.91 Å². The maximum Gasteiger partial charge on any atom is 0.228 e. The Kier molecular flexibility index (Phi) is 4.56.